The smallest absolute Gasteiger partial charge is 0.155 e. The molecular formula is C28H31N5O. The van der Waals surface area contributed by atoms with Crippen LogP contribution >= 0.6 is 0 Å². The van der Waals surface area contributed by atoms with E-state index in [0.29, 0.717) is 12.5 Å². The van der Waals surface area contributed by atoms with E-state index in [-0.39, 0.29) is 0 Å². The minimum atomic E-state index is 0.487. The molecule has 34 heavy (non-hydrogen) atoms. The molecule has 0 saturated carbocycles. The van der Waals surface area contributed by atoms with Gasteiger partial charge in [0, 0.05) is 49.0 Å². The zero-order valence-corrected chi connectivity index (χ0v) is 19.6. The maximum atomic E-state index is 5.76. The number of ether oxygens (including phenoxy) is 1. The number of nitrogens with one attached hydrogen (secondary N) is 2. The second kappa shape index (κ2) is 8.93. The number of rotatable bonds is 3. The van der Waals surface area contributed by atoms with Gasteiger partial charge in [0.15, 0.2) is 5.84 Å². The van der Waals surface area contributed by atoms with E-state index >= 15 is 0 Å². The monoisotopic (exact) mass is 453 g/mol. The van der Waals surface area contributed by atoms with Crippen LogP contribution in [0.15, 0.2) is 77.7 Å². The second-order valence-corrected chi connectivity index (χ2v) is 9.38. The lowest BCUT2D eigenvalue weighted by Crippen LogP contribution is -2.27. The molecule has 2 N–H and O–H groups in total. The predicted molar refractivity (Wildman–Crippen MR) is 140 cm³/mol. The molecular weight excluding hydrogens is 422 g/mol. The summed E-state index contributed by atoms with van der Waals surface area (Å²) in [5.74, 6) is 2.25. The van der Waals surface area contributed by atoms with Crippen molar-refractivity contribution < 1.29 is 4.74 Å². The van der Waals surface area contributed by atoms with Crippen molar-refractivity contribution in [1.29, 1.82) is 0 Å². The maximum absolute atomic E-state index is 5.76. The summed E-state index contributed by atoms with van der Waals surface area (Å²) in [6.07, 6.45) is 12.4. The minimum absolute atomic E-state index is 0.487. The third-order valence-electron chi connectivity index (χ3n) is 6.82. The fourth-order valence-electron chi connectivity index (χ4n) is 4.87. The topological polar surface area (TPSA) is 52.1 Å². The largest absolute Gasteiger partial charge is 0.490 e. The summed E-state index contributed by atoms with van der Waals surface area (Å²) >= 11 is 0. The van der Waals surface area contributed by atoms with E-state index in [9.17, 15) is 0 Å². The van der Waals surface area contributed by atoms with Gasteiger partial charge in [0.1, 0.15) is 12.4 Å². The molecule has 2 aromatic rings. The molecule has 0 bridgehead atoms. The summed E-state index contributed by atoms with van der Waals surface area (Å²) in [5.41, 5.74) is 6.43. The van der Waals surface area contributed by atoms with E-state index in [0.717, 1.165) is 66.0 Å². The van der Waals surface area contributed by atoms with Gasteiger partial charge in [-0.05, 0) is 67.6 Å². The molecule has 2 aromatic carbocycles. The van der Waals surface area contributed by atoms with Gasteiger partial charge in [-0.1, -0.05) is 19.1 Å². The van der Waals surface area contributed by atoms with Crippen LogP contribution < -0.4 is 20.3 Å². The Labute approximate surface area is 201 Å². The first-order chi connectivity index (χ1) is 16.7. The van der Waals surface area contributed by atoms with Crippen molar-refractivity contribution in [3.8, 4) is 5.75 Å². The lowest BCUT2D eigenvalue weighted by molar-refractivity contribution is 0.323. The third-order valence-corrected chi connectivity index (χ3v) is 6.82. The third kappa shape index (κ3) is 4.16. The predicted octanol–water partition coefficient (Wildman–Crippen LogP) is 5.65. The first-order valence-corrected chi connectivity index (χ1v) is 12.3. The summed E-state index contributed by atoms with van der Waals surface area (Å²) in [7, 11) is 0. The number of aliphatic imine (C=N–C) groups is 1. The first kappa shape index (κ1) is 20.9. The molecule has 4 heterocycles. The number of nitrogens with zero attached hydrogens (tertiary/aromatic N) is 3. The Morgan fingerprint density at radius 3 is 2.79 bits per heavy atom. The molecule has 6 rings (SSSR count). The Balaban J connectivity index is 1.32. The first-order valence-electron chi connectivity index (χ1n) is 12.3. The second-order valence-electron chi connectivity index (χ2n) is 9.38. The minimum Gasteiger partial charge on any atom is -0.490 e. The van der Waals surface area contributed by atoms with Crippen molar-refractivity contribution >= 4 is 28.6 Å². The Bertz CT molecular complexity index is 1190. The lowest BCUT2D eigenvalue weighted by Gasteiger charge is -2.27. The fraction of sp³-hybridized carbons (Fsp3) is 0.321. The SMILES string of the molecule is CC1C=CN2C=C(c3ccc4c(c3)NCCO4)N=C(Nc3ccc(N4CCCC4)cc3)C2=CC1. The van der Waals surface area contributed by atoms with Crippen LogP contribution in [0.5, 0.6) is 5.75 Å². The van der Waals surface area contributed by atoms with Gasteiger partial charge in [-0.2, -0.15) is 0 Å². The number of fused-ring (bicyclic) bond motifs is 2. The van der Waals surface area contributed by atoms with Crippen LogP contribution in [0, 0.1) is 5.92 Å². The van der Waals surface area contributed by atoms with Crippen molar-refractivity contribution in [1.82, 2.24) is 4.90 Å². The van der Waals surface area contributed by atoms with E-state index in [2.05, 4.69) is 88.3 Å². The van der Waals surface area contributed by atoms with Gasteiger partial charge in [0.05, 0.1) is 17.1 Å². The zero-order valence-electron chi connectivity index (χ0n) is 19.6. The van der Waals surface area contributed by atoms with E-state index in [4.69, 9.17) is 9.73 Å². The average Bonchev–Trinajstić information content (AvgIpc) is 3.35. The van der Waals surface area contributed by atoms with Crippen molar-refractivity contribution in [3.05, 3.63) is 78.3 Å². The van der Waals surface area contributed by atoms with Crippen molar-refractivity contribution in [2.45, 2.75) is 26.2 Å². The summed E-state index contributed by atoms with van der Waals surface area (Å²) in [5, 5.41) is 7.04. The highest BCUT2D eigenvalue weighted by atomic mass is 16.5. The maximum Gasteiger partial charge on any atom is 0.155 e. The highest BCUT2D eigenvalue weighted by molar-refractivity contribution is 6.11. The summed E-state index contributed by atoms with van der Waals surface area (Å²) in [4.78, 5) is 9.74. The molecule has 0 spiro atoms. The number of amidine groups is 1. The van der Waals surface area contributed by atoms with Crippen LogP contribution in [0.2, 0.25) is 0 Å². The normalized spacial score (nSPS) is 21.3. The molecule has 6 nitrogen and oxygen atoms in total. The van der Waals surface area contributed by atoms with E-state index in [1.807, 2.05) is 6.07 Å². The van der Waals surface area contributed by atoms with Crippen LogP contribution in [0.25, 0.3) is 5.70 Å². The molecule has 0 aliphatic carbocycles. The van der Waals surface area contributed by atoms with Gasteiger partial charge in [0.2, 0.25) is 0 Å². The Kier molecular flexibility index (Phi) is 5.49. The summed E-state index contributed by atoms with van der Waals surface area (Å²) < 4.78 is 5.76. The summed E-state index contributed by atoms with van der Waals surface area (Å²) in [6, 6.07) is 15.0. The van der Waals surface area contributed by atoms with E-state index < -0.39 is 0 Å². The van der Waals surface area contributed by atoms with Crippen molar-refractivity contribution in [2.24, 2.45) is 10.9 Å². The fourth-order valence-corrected chi connectivity index (χ4v) is 4.87. The molecule has 6 heteroatoms. The van der Waals surface area contributed by atoms with Gasteiger partial charge in [-0.15, -0.1) is 0 Å². The molecule has 1 atom stereocenters. The number of hydrogen-bond donors (Lipinski definition) is 2. The molecule has 1 unspecified atom stereocenters. The van der Waals surface area contributed by atoms with Crippen LogP contribution in [0.3, 0.4) is 0 Å². The van der Waals surface area contributed by atoms with Crippen molar-refractivity contribution in [2.75, 3.05) is 41.8 Å². The summed E-state index contributed by atoms with van der Waals surface area (Å²) in [6.45, 7) is 6.07. The molecule has 0 amide bonds. The van der Waals surface area contributed by atoms with Gasteiger partial charge >= 0.3 is 0 Å². The molecule has 174 valence electrons. The van der Waals surface area contributed by atoms with Gasteiger partial charge in [-0.25, -0.2) is 4.99 Å². The number of allylic oxidation sites excluding steroid dienone is 2. The van der Waals surface area contributed by atoms with E-state index in [1.165, 1.54) is 18.5 Å². The highest BCUT2D eigenvalue weighted by Gasteiger charge is 2.23. The Hall–Kier alpha value is -3.67. The van der Waals surface area contributed by atoms with Gasteiger partial charge < -0.3 is 25.2 Å². The molecule has 1 saturated heterocycles. The highest BCUT2D eigenvalue weighted by Crippen LogP contribution is 2.34. The number of hydrogen-bond acceptors (Lipinski definition) is 6. The van der Waals surface area contributed by atoms with Crippen LogP contribution in [-0.2, 0) is 0 Å². The van der Waals surface area contributed by atoms with Crippen LogP contribution in [0.4, 0.5) is 17.1 Å². The Morgan fingerprint density at radius 2 is 1.94 bits per heavy atom. The molecule has 0 aromatic heterocycles. The number of benzene rings is 2. The number of anilines is 3. The molecule has 4 aliphatic heterocycles. The van der Waals surface area contributed by atoms with Crippen molar-refractivity contribution in [3.63, 3.8) is 0 Å². The van der Waals surface area contributed by atoms with E-state index in [1.54, 1.807) is 0 Å². The standard InChI is InChI=1S/C28H31N5O/c1-20-4-10-26-28(30-22-6-8-23(9-7-22)32-14-2-3-15-32)31-25(19-33(26)16-12-20)21-5-11-27-24(18-21)29-13-17-34-27/h5-12,16,18-20,29H,2-4,13-15,17H2,1H3,(H,30,31). The quantitative estimate of drug-likeness (QED) is 0.629. The molecule has 1 fully saturated rings. The molecule has 4 aliphatic rings. The van der Waals surface area contributed by atoms with Gasteiger partial charge in [-0.3, -0.25) is 0 Å². The zero-order chi connectivity index (χ0) is 22.9. The lowest BCUT2D eigenvalue weighted by atomic mass is 10.1. The molecule has 0 radical (unpaired) electrons. The Morgan fingerprint density at radius 1 is 1.09 bits per heavy atom. The van der Waals surface area contributed by atoms with Gasteiger partial charge in [0.25, 0.3) is 0 Å². The van der Waals surface area contributed by atoms with Crippen LogP contribution in [-0.4, -0.2) is 37.0 Å². The average molecular weight is 454 g/mol. The van der Waals surface area contributed by atoms with Crippen LogP contribution in [0.1, 0.15) is 31.7 Å².